The summed E-state index contributed by atoms with van der Waals surface area (Å²) >= 11 is 0. The summed E-state index contributed by atoms with van der Waals surface area (Å²) in [6.07, 6.45) is 2.37. The summed E-state index contributed by atoms with van der Waals surface area (Å²) in [5, 5.41) is 8.93. The fourth-order valence-corrected chi connectivity index (χ4v) is 3.06. The van der Waals surface area contributed by atoms with Crippen LogP contribution in [0.3, 0.4) is 0 Å². The van der Waals surface area contributed by atoms with E-state index >= 15 is 0 Å². The van der Waals surface area contributed by atoms with E-state index in [1.807, 2.05) is 25.1 Å². The predicted molar refractivity (Wildman–Crippen MR) is 91.3 cm³/mol. The standard InChI is InChI=1S/C20H22N2O/c1-16-13-18(14-21)7-8-20(16)23-19-9-11-22(12-10-19)15-17-5-3-2-4-6-17/h2-8,13,19H,9-12,15H2,1H3. The van der Waals surface area contributed by atoms with Crippen molar-refractivity contribution in [1.82, 2.24) is 4.90 Å². The Hall–Kier alpha value is -2.31. The molecule has 2 aromatic rings. The number of nitrogens with zero attached hydrogens (tertiary/aromatic N) is 2. The van der Waals surface area contributed by atoms with Crippen LogP contribution in [0.25, 0.3) is 0 Å². The third-order valence-electron chi connectivity index (χ3n) is 4.38. The van der Waals surface area contributed by atoms with Crippen LogP contribution in [0, 0.1) is 18.3 Å². The first kappa shape index (κ1) is 15.6. The first-order chi connectivity index (χ1) is 11.2. The topological polar surface area (TPSA) is 36.3 Å². The summed E-state index contributed by atoms with van der Waals surface area (Å²) in [7, 11) is 0. The summed E-state index contributed by atoms with van der Waals surface area (Å²) in [5.74, 6) is 0.908. The molecule has 1 heterocycles. The maximum atomic E-state index is 8.93. The zero-order valence-corrected chi connectivity index (χ0v) is 13.5. The largest absolute Gasteiger partial charge is 0.490 e. The normalized spacial score (nSPS) is 16.0. The van der Waals surface area contributed by atoms with Gasteiger partial charge in [-0.15, -0.1) is 0 Å². The molecule has 3 rings (SSSR count). The number of aryl methyl sites for hydroxylation is 1. The number of likely N-dealkylation sites (tertiary alicyclic amines) is 1. The Bertz CT molecular complexity index is 683. The van der Waals surface area contributed by atoms with Gasteiger partial charge in [0.1, 0.15) is 11.9 Å². The van der Waals surface area contributed by atoms with E-state index in [0.717, 1.165) is 43.8 Å². The number of hydrogen-bond donors (Lipinski definition) is 0. The molecule has 23 heavy (non-hydrogen) atoms. The van der Waals surface area contributed by atoms with E-state index in [4.69, 9.17) is 10.00 Å². The average Bonchev–Trinajstić information content (AvgIpc) is 2.59. The molecule has 0 N–H and O–H groups in total. The predicted octanol–water partition coefficient (Wildman–Crippen LogP) is 3.91. The molecule has 0 radical (unpaired) electrons. The lowest BCUT2D eigenvalue weighted by Crippen LogP contribution is -2.37. The molecule has 2 aromatic carbocycles. The number of nitriles is 1. The second kappa shape index (κ2) is 7.30. The second-order valence-electron chi connectivity index (χ2n) is 6.17. The van der Waals surface area contributed by atoms with Gasteiger partial charge in [0.2, 0.25) is 0 Å². The van der Waals surface area contributed by atoms with Gasteiger partial charge in [0.25, 0.3) is 0 Å². The molecule has 0 aliphatic carbocycles. The van der Waals surface area contributed by atoms with Crippen LogP contribution in [0.2, 0.25) is 0 Å². The number of benzene rings is 2. The monoisotopic (exact) mass is 306 g/mol. The summed E-state index contributed by atoms with van der Waals surface area (Å²) in [6.45, 7) is 5.15. The maximum Gasteiger partial charge on any atom is 0.122 e. The van der Waals surface area contributed by atoms with Crippen molar-refractivity contribution in [2.45, 2.75) is 32.4 Å². The quantitative estimate of drug-likeness (QED) is 0.859. The van der Waals surface area contributed by atoms with Gasteiger partial charge in [-0.25, -0.2) is 0 Å². The molecule has 3 heteroatoms. The first-order valence-electron chi connectivity index (χ1n) is 8.18. The smallest absolute Gasteiger partial charge is 0.122 e. The SMILES string of the molecule is Cc1cc(C#N)ccc1OC1CCN(Cc2ccccc2)CC1. The van der Waals surface area contributed by atoms with Gasteiger partial charge in [0, 0.05) is 19.6 Å². The molecule has 118 valence electrons. The third-order valence-corrected chi connectivity index (χ3v) is 4.38. The Morgan fingerprint density at radius 1 is 1.13 bits per heavy atom. The third kappa shape index (κ3) is 4.12. The molecule has 0 bridgehead atoms. The van der Waals surface area contributed by atoms with Gasteiger partial charge in [0.05, 0.1) is 11.6 Å². The Morgan fingerprint density at radius 2 is 1.87 bits per heavy atom. The molecule has 1 aliphatic rings. The van der Waals surface area contributed by atoms with E-state index in [0.29, 0.717) is 5.56 Å². The van der Waals surface area contributed by atoms with Crippen LogP contribution in [-0.2, 0) is 6.54 Å². The van der Waals surface area contributed by atoms with E-state index in [2.05, 4.69) is 41.3 Å². The summed E-state index contributed by atoms with van der Waals surface area (Å²) in [6, 6.07) is 18.4. The molecule has 1 fully saturated rings. The van der Waals surface area contributed by atoms with Gasteiger partial charge < -0.3 is 4.74 Å². The molecule has 1 saturated heterocycles. The van der Waals surface area contributed by atoms with Crippen LogP contribution < -0.4 is 4.74 Å². The molecule has 0 amide bonds. The molecule has 3 nitrogen and oxygen atoms in total. The van der Waals surface area contributed by atoms with Crippen LogP contribution in [0.15, 0.2) is 48.5 Å². The van der Waals surface area contributed by atoms with E-state index in [9.17, 15) is 0 Å². The Labute approximate surface area is 138 Å². The minimum Gasteiger partial charge on any atom is -0.490 e. The molecule has 0 saturated carbocycles. The second-order valence-corrected chi connectivity index (χ2v) is 6.17. The highest BCUT2D eigenvalue weighted by Crippen LogP contribution is 2.24. The van der Waals surface area contributed by atoms with Crippen LogP contribution in [-0.4, -0.2) is 24.1 Å². The molecule has 0 spiro atoms. The molecule has 1 aliphatic heterocycles. The van der Waals surface area contributed by atoms with Crippen molar-refractivity contribution < 1.29 is 4.74 Å². The molecular formula is C20H22N2O. The highest BCUT2D eigenvalue weighted by Gasteiger charge is 2.21. The van der Waals surface area contributed by atoms with Crippen molar-refractivity contribution in [2.75, 3.05) is 13.1 Å². The van der Waals surface area contributed by atoms with Crippen molar-refractivity contribution in [3.8, 4) is 11.8 Å². The molecule has 0 unspecified atom stereocenters. The van der Waals surface area contributed by atoms with Crippen LogP contribution in [0.1, 0.15) is 29.5 Å². The minimum absolute atomic E-state index is 0.272. The van der Waals surface area contributed by atoms with Crippen molar-refractivity contribution in [1.29, 1.82) is 5.26 Å². The fourth-order valence-electron chi connectivity index (χ4n) is 3.06. The zero-order valence-electron chi connectivity index (χ0n) is 13.5. The van der Waals surface area contributed by atoms with Crippen molar-refractivity contribution in [3.05, 3.63) is 65.2 Å². The Kier molecular flexibility index (Phi) is 4.95. The fraction of sp³-hybridized carbons (Fsp3) is 0.350. The zero-order chi connectivity index (χ0) is 16.1. The van der Waals surface area contributed by atoms with Gasteiger partial charge in [-0.1, -0.05) is 30.3 Å². The molecule has 0 aromatic heterocycles. The lowest BCUT2D eigenvalue weighted by Gasteiger charge is -2.32. The van der Waals surface area contributed by atoms with E-state index in [1.165, 1.54) is 5.56 Å². The van der Waals surface area contributed by atoms with Crippen molar-refractivity contribution >= 4 is 0 Å². The van der Waals surface area contributed by atoms with E-state index < -0.39 is 0 Å². The van der Waals surface area contributed by atoms with Gasteiger partial charge in [-0.2, -0.15) is 5.26 Å². The van der Waals surface area contributed by atoms with Crippen LogP contribution >= 0.6 is 0 Å². The minimum atomic E-state index is 0.272. The van der Waals surface area contributed by atoms with Gasteiger partial charge in [0.15, 0.2) is 0 Å². The lowest BCUT2D eigenvalue weighted by molar-refractivity contribution is 0.0962. The number of hydrogen-bond acceptors (Lipinski definition) is 3. The highest BCUT2D eigenvalue weighted by atomic mass is 16.5. The first-order valence-corrected chi connectivity index (χ1v) is 8.18. The summed E-state index contributed by atoms with van der Waals surface area (Å²) in [5.41, 5.74) is 3.10. The lowest BCUT2D eigenvalue weighted by atomic mass is 10.1. The summed E-state index contributed by atoms with van der Waals surface area (Å²) < 4.78 is 6.15. The Balaban J connectivity index is 1.52. The van der Waals surface area contributed by atoms with E-state index in [1.54, 1.807) is 0 Å². The van der Waals surface area contributed by atoms with Crippen molar-refractivity contribution in [3.63, 3.8) is 0 Å². The maximum absolute atomic E-state index is 8.93. The van der Waals surface area contributed by atoms with Crippen LogP contribution in [0.5, 0.6) is 5.75 Å². The molecule has 0 atom stereocenters. The van der Waals surface area contributed by atoms with Gasteiger partial charge in [-0.3, -0.25) is 4.90 Å². The van der Waals surface area contributed by atoms with E-state index in [-0.39, 0.29) is 6.10 Å². The number of ether oxygens (including phenoxy) is 1. The summed E-state index contributed by atoms with van der Waals surface area (Å²) in [4.78, 5) is 2.49. The highest BCUT2D eigenvalue weighted by molar-refractivity contribution is 5.41. The van der Waals surface area contributed by atoms with Gasteiger partial charge in [-0.05, 0) is 49.1 Å². The van der Waals surface area contributed by atoms with Crippen molar-refractivity contribution in [2.24, 2.45) is 0 Å². The van der Waals surface area contributed by atoms with Crippen LogP contribution in [0.4, 0.5) is 0 Å². The Morgan fingerprint density at radius 3 is 2.52 bits per heavy atom. The molecular weight excluding hydrogens is 284 g/mol. The number of piperidine rings is 1. The van der Waals surface area contributed by atoms with Gasteiger partial charge >= 0.3 is 0 Å². The average molecular weight is 306 g/mol. The number of rotatable bonds is 4.